The Morgan fingerprint density at radius 1 is 1.35 bits per heavy atom. The summed E-state index contributed by atoms with van der Waals surface area (Å²) in [6.07, 6.45) is -0.0960. The fourth-order valence-electron chi connectivity index (χ4n) is 1.18. The number of sulfone groups is 1. The SMILES string of the molecule is N=C(N)Cc1cccc(S(=O)(=O)C(F)(F)F)c1. The summed E-state index contributed by atoms with van der Waals surface area (Å²) in [7, 11) is -5.35. The van der Waals surface area contributed by atoms with Gasteiger partial charge in [-0.25, -0.2) is 8.42 Å². The Balaban J connectivity index is 3.21. The molecule has 4 nitrogen and oxygen atoms in total. The van der Waals surface area contributed by atoms with Crippen molar-refractivity contribution in [3.63, 3.8) is 0 Å². The number of hydrogen-bond donors (Lipinski definition) is 2. The molecule has 94 valence electrons. The van der Waals surface area contributed by atoms with Crippen LogP contribution in [0.5, 0.6) is 0 Å². The Labute approximate surface area is 95.7 Å². The van der Waals surface area contributed by atoms with Crippen LogP contribution >= 0.6 is 0 Å². The lowest BCUT2D eigenvalue weighted by Gasteiger charge is -2.09. The van der Waals surface area contributed by atoms with Gasteiger partial charge in [-0.05, 0) is 17.7 Å². The Bertz CT molecular complexity index is 537. The van der Waals surface area contributed by atoms with Crippen LogP contribution in [-0.2, 0) is 16.3 Å². The van der Waals surface area contributed by atoms with Crippen molar-refractivity contribution in [1.82, 2.24) is 0 Å². The van der Waals surface area contributed by atoms with Gasteiger partial charge in [-0.1, -0.05) is 12.1 Å². The van der Waals surface area contributed by atoms with Crippen LogP contribution in [-0.4, -0.2) is 19.8 Å². The highest BCUT2D eigenvalue weighted by Crippen LogP contribution is 2.30. The van der Waals surface area contributed by atoms with Crippen LogP contribution in [0.25, 0.3) is 0 Å². The van der Waals surface area contributed by atoms with Gasteiger partial charge in [0, 0.05) is 6.42 Å². The second kappa shape index (κ2) is 4.36. The van der Waals surface area contributed by atoms with E-state index in [4.69, 9.17) is 11.1 Å². The zero-order chi connectivity index (χ0) is 13.3. The van der Waals surface area contributed by atoms with Crippen molar-refractivity contribution in [2.45, 2.75) is 16.8 Å². The van der Waals surface area contributed by atoms with E-state index in [0.29, 0.717) is 0 Å². The third-order valence-electron chi connectivity index (χ3n) is 1.91. The number of amidine groups is 1. The van der Waals surface area contributed by atoms with Gasteiger partial charge in [0.15, 0.2) is 0 Å². The Morgan fingerprint density at radius 3 is 2.41 bits per heavy atom. The minimum atomic E-state index is -5.35. The van der Waals surface area contributed by atoms with Crippen molar-refractivity contribution in [2.24, 2.45) is 5.73 Å². The molecule has 17 heavy (non-hydrogen) atoms. The first-order chi connectivity index (χ1) is 7.64. The number of halogens is 3. The van der Waals surface area contributed by atoms with E-state index in [0.717, 1.165) is 12.1 Å². The highest BCUT2D eigenvalue weighted by atomic mass is 32.2. The van der Waals surface area contributed by atoms with Crippen LogP contribution in [0.3, 0.4) is 0 Å². The lowest BCUT2D eigenvalue weighted by atomic mass is 10.1. The zero-order valence-electron chi connectivity index (χ0n) is 8.45. The van der Waals surface area contributed by atoms with Crippen LogP contribution in [0.4, 0.5) is 13.2 Å². The van der Waals surface area contributed by atoms with E-state index in [1.54, 1.807) is 0 Å². The number of rotatable bonds is 3. The van der Waals surface area contributed by atoms with Gasteiger partial charge in [-0.2, -0.15) is 13.2 Å². The predicted molar refractivity (Wildman–Crippen MR) is 55.3 cm³/mol. The zero-order valence-corrected chi connectivity index (χ0v) is 9.27. The average Bonchev–Trinajstić information content (AvgIpc) is 2.15. The molecule has 0 bridgehead atoms. The monoisotopic (exact) mass is 266 g/mol. The minimum Gasteiger partial charge on any atom is -0.387 e. The third-order valence-corrected chi connectivity index (χ3v) is 3.39. The number of nitrogens with one attached hydrogen (secondary N) is 1. The molecule has 0 heterocycles. The van der Waals surface area contributed by atoms with Crippen molar-refractivity contribution in [1.29, 1.82) is 5.41 Å². The topological polar surface area (TPSA) is 84.0 Å². The van der Waals surface area contributed by atoms with Gasteiger partial charge < -0.3 is 5.73 Å². The molecule has 8 heteroatoms. The molecule has 0 saturated heterocycles. The standard InChI is InChI=1S/C9H9F3N2O2S/c10-9(11,12)17(15,16)7-3-1-2-6(4-7)5-8(13)14/h1-4H,5H2,(H3,13,14). The first kappa shape index (κ1) is 13.5. The molecular weight excluding hydrogens is 257 g/mol. The summed E-state index contributed by atoms with van der Waals surface area (Å²) < 4.78 is 58.9. The predicted octanol–water partition coefficient (Wildman–Crippen LogP) is 1.46. The molecule has 0 aliphatic rings. The maximum atomic E-state index is 12.3. The van der Waals surface area contributed by atoms with E-state index in [-0.39, 0.29) is 17.8 Å². The van der Waals surface area contributed by atoms with Gasteiger partial charge in [0.05, 0.1) is 10.7 Å². The summed E-state index contributed by atoms with van der Waals surface area (Å²) in [5.74, 6) is -0.258. The van der Waals surface area contributed by atoms with E-state index in [1.807, 2.05) is 0 Å². The van der Waals surface area contributed by atoms with Gasteiger partial charge in [0.25, 0.3) is 9.84 Å². The molecule has 0 aromatic heterocycles. The van der Waals surface area contributed by atoms with Crippen LogP contribution in [0, 0.1) is 5.41 Å². The summed E-state index contributed by atoms with van der Waals surface area (Å²) in [5, 5.41) is 6.99. The van der Waals surface area contributed by atoms with E-state index < -0.39 is 20.2 Å². The smallest absolute Gasteiger partial charge is 0.387 e. The highest BCUT2D eigenvalue weighted by Gasteiger charge is 2.46. The highest BCUT2D eigenvalue weighted by molar-refractivity contribution is 7.92. The molecule has 0 atom stereocenters. The third kappa shape index (κ3) is 2.96. The Kier molecular flexibility index (Phi) is 3.46. The molecule has 0 spiro atoms. The van der Waals surface area contributed by atoms with E-state index in [9.17, 15) is 21.6 Å². The molecule has 0 fully saturated rings. The second-order valence-corrected chi connectivity index (χ2v) is 5.24. The van der Waals surface area contributed by atoms with Gasteiger partial charge in [-0.3, -0.25) is 5.41 Å². The van der Waals surface area contributed by atoms with E-state index in [2.05, 4.69) is 0 Å². The molecule has 0 radical (unpaired) electrons. The fraction of sp³-hybridized carbons (Fsp3) is 0.222. The Hall–Kier alpha value is -1.57. The lowest BCUT2D eigenvalue weighted by Crippen LogP contribution is -2.23. The molecule has 0 saturated carbocycles. The summed E-state index contributed by atoms with van der Waals surface area (Å²) >= 11 is 0. The van der Waals surface area contributed by atoms with Crippen molar-refractivity contribution < 1.29 is 21.6 Å². The first-order valence-electron chi connectivity index (χ1n) is 4.38. The van der Waals surface area contributed by atoms with Crippen molar-refractivity contribution in [3.05, 3.63) is 29.8 Å². The van der Waals surface area contributed by atoms with E-state index in [1.165, 1.54) is 12.1 Å². The normalized spacial score (nSPS) is 12.4. The molecule has 3 N–H and O–H groups in total. The summed E-state index contributed by atoms with van der Waals surface area (Å²) in [6.45, 7) is 0. The fourth-order valence-corrected chi connectivity index (χ4v) is 2.01. The van der Waals surface area contributed by atoms with Gasteiger partial charge in [-0.15, -0.1) is 0 Å². The number of benzene rings is 1. The number of nitrogens with two attached hydrogens (primary N) is 1. The molecule has 1 aromatic carbocycles. The largest absolute Gasteiger partial charge is 0.501 e. The maximum Gasteiger partial charge on any atom is 0.501 e. The first-order valence-corrected chi connectivity index (χ1v) is 5.86. The Morgan fingerprint density at radius 2 is 1.94 bits per heavy atom. The van der Waals surface area contributed by atoms with Crippen molar-refractivity contribution in [2.75, 3.05) is 0 Å². The molecule has 1 aromatic rings. The number of hydrogen-bond acceptors (Lipinski definition) is 3. The minimum absolute atomic E-state index is 0.0960. The van der Waals surface area contributed by atoms with Crippen molar-refractivity contribution in [3.8, 4) is 0 Å². The van der Waals surface area contributed by atoms with Gasteiger partial charge in [0.1, 0.15) is 0 Å². The van der Waals surface area contributed by atoms with Crippen molar-refractivity contribution >= 4 is 15.7 Å². The molecular formula is C9H9F3N2O2S. The van der Waals surface area contributed by atoms with Crippen LogP contribution in [0.2, 0.25) is 0 Å². The van der Waals surface area contributed by atoms with E-state index >= 15 is 0 Å². The summed E-state index contributed by atoms with van der Waals surface area (Å²) in [6, 6.07) is 4.30. The molecule has 0 aliphatic heterocycles. The van der Waals surface area contributed by atoms with Crippen LogP contribution in [0.15, 0.2) is 29.2 Å². The average molecular weight is 266 g/mol. The van der Waals surface area contributed by atoms with Gasteiger partial charge >= 0.3 is 5.51 Å². The maximum absolute atomic E-state index is 12.3. The molecule has 0 unspecified atom stereocenters. The lowest BCUT2D eigenvalue weighted by molar-refractivity contribution is -0.0436. The quantitative estimate of drug-likeness (QED) is 0.641. The van der Waals surface area contributed by atoms with Crippen LogP contribution in [0.1, 0.15) is 5.56 Å². The molecule has 1 rings (SSSR count). The van der Waals surface area contributed by atoms with Gasteiger partial charge in [0.2, 0.25) is 0 Å². The number of alkyl halides is 3. The molecule has 0 aliphatic carbocycles. The molecule has 0 amide bonds. The van der Waals surface area contributed by atoms with Crippen LogP contribution < -0.4 is 5.73 Å². The summed E-state index contributed by atoms with van der Waals surface area (Å²) in [4.78, 5) is -0.844. The second-order valence-electron chi connectivity index (χ2n) is 3.30. The summed E-state index contributed by atoms with van der Waals surface area (Å²) in [5.41, 5.74) is -0.0118.